The summed E-state index contributed by atoms with van der Waals surface area (Å²) in [6.45, 7) is 1.93. The third-order valence-corrected chi connectivity index (χ3v) is 8.82. The van der Waals surface area contributed by atoms with Crippen LogP contribution in [-0.4, -0.2) is 75.2 Å². The highest BCUT2D eigenvalue weighted by molar-refractivity contribution is 7.13. The van der Waals surface area contributed by atoms with Crippen molar-refractivity contribution in [1.82, 2.24) is 4.98 Å². The number of aromatic hydroxyl groups is 1. The van der Waals surface area contributed by atoms with Gasteiger partial charge in [-0.1, -0.05) is 0 Å². The maximum absolute atomic E-state index is 13.8. The van der Waals surface area contributed by atoms with E-state index in [-0.39, 0.29) is 55.0 Å². The average molecular weight is 599 g/mol. The molecule has 3 aliphatic carbocycles. The number of anilines is 2. The van der Waals surface area contributed by atoms with Crippen LogP contribution >= 0.6 is 11.3 Å². The third-order valence-electron chi connectivity index (χ3n) is 8.02. The van der Waals surface area contributed by atoms with Gasteiger partial charge in [0.15, 0.2) is 22.2 Å². The molecule has 3 atom stereocenters. The summed E-state index contributed by atoms with van der Waals surface area (Å²) in [5.74, 6) is -7.33. The van der Waals surface area contributed by atoms with Crippen LogP contribution in [0.25, 0.3) is 5.76 Å². The largest absolute Gasteiger partial charge is 0.508 e. The standard InChI is InChI=1S/C28H30N4O9S/c1-4-41-26(39)15-10-42-27(31-15)30-9-12-7-16(32(2)3)14-6-11-5-13-8-17(33)20(25(29)38)24(37)28(13,40)23(36)18(11)22(35)19(14)21(12)34/h7,10-11,13,34-35,37,40H,4-6,8-9H2,1-3H3,(H2,29,38)(H,30,31). The van der Waals surface area contributed by atoms with Gasteiger partial charge in [0.1, 0.15) is 22.8 Å². The number of amides is 1. The summed E-state index contributed by atoms with van der Waals surface area (Å²) in [7, 11) is 3.57. The van der Waals surface area contributed by atoms with Crippen LogP contribution in [0.15, 0.2) is 28.4 Å². The molecule has 0 aliphatic heterocycles. The molecular formula is C28H30N4O9S. The SMILES string of the molecule is CCOC(=O)c1csc(NCc2cc(N(C)C)c3c(c2O)C(O)=C2C(=O)C4(O)C(O)=C(C(N)=O)C(=O)CC4CC2C3)n1. The van der Waals surface area contributed by atoms with Gasteiger partial charge in [-0.3, -0.25) is 14.4 Å². The molecule has 0 bridgehead atoms. The molecule has 1 saturated carbocycles. The van der Waals surface area contributed by atoms with Crippen LogP contribution in [0.3, 0.4) is 0 Å². The number of fused-ring (bicyclic) bond motifs is 3. The molecule has 13 nitrogen and oxygen atoms in total. The number of thiazole rings is 1. The molecule has 0 saturated heterocycles. The Labute approximate surface area is 243 Å². The van der Waals surface area contributed by atoms with Gasteiger partial charge >= 0.3 is 5.97 Å². The number of ketones is 2. The summed E-state index contributed by atoms with van der Waals surface area (Å²) < 4.78 is 4.96. The zero-order valence-electron chi connectivity index (χ0n) is 23.1. The fourth-order valence-corrected chi connectivity index (χ4v) is 6.76. The molecule has 2 aromatic rings. The first-order valence-electron chi connectivity index (χ1n) is 13.2. The number of aliphatic hydroxyl groups excluding tert-OH is 2. The molecule has 5 rings (SSSR count). The van der Waals surface area contributed by atoms with Crippen molar-refractivity contribution in [2.45, 2.75) is 38.3 Å². The minimum Gasteiger partial charge on any atom is -0.508 e. The number of rotatable bonds is 7. The van der Waals surface area contributed by atoms with Gasteiger partial charge in [0.2, 0.25) is 5.78 Å². The first-order chi connectivity index (χ1) is 19.8. The van der Waals surface area contributed by atoms with Crippen molar-refractivity contribution in [3.05, 3.63) is 50.7 Å². The topological polar surface area (TPSA) is 213 Å². The highest BCUT2D eigenvalue weighted by Gasteiger charge is 2.60. The van der Waals surface area contributed by atoms with Gasteiger partial charge in [0.25, 0.3) is 5.91 Å². The Morgan fingerprint density at radius 1 is 1.24 bits per heavy atom. The van der Waals surface area contributed by atoms with E-state index in [2.05, 4.69) is 10.3 Å². The second-order valence-electron chi connectivity index (χ2n) is 10.7. The number of phenols is 1. The number of ether oxygens (including phenoxy) is 1. The number of carbonyl (C=O) groups excluding carboxylic acids is 4. The fourth-order valence-electron chi connectivity index (χ4n) is 6.08. The van der Waals surface area contributed by atoms with Gasteiger partial charge in [-0.2, -0.15) is 0 Å². The number of nitrogens with zero attached hydrogens (tertiary/aromatic N) is 2. The van der Waals surface area contributed by atoms with Crippen molar-refractivity contribution in [2.75, 3.05) is 30.9 Å². The normalized spacial score (nSPS) is 23.2. The highest BCUT2D eigenvalue weighted by Crippen LogP contribution is 2.53. The minimum absolute atomic E-state index is 0.00326. The maximum atomic E-state index is 13.8. The summed E-state index contributed by atoms with van der Waals surface area (Å²) in [6, 6.07) is 1.73. The van der Waals surface area contributed by atoms with E-state index in [0.29, 0.717) is 21.9 Å². The molecular weight excluding hydrogens is 568 g/mol. The van der Waals surface area contributed by atoms with Crippen molar-refractivity contribution in [2.24, 2.45) is 17.6 Å². The zero-order chi connectivity index (χ0) is 30.7. The van der Waals surface area contributed by atoms with Gasteiger partial charge in [-0.25, -0.2) is 9.78 Å². The van der Waals surface area contributed by atoms with E-state index in [4.69, 9.17) is 10.5 Å². The highest BCUT2D eigenvalue weighted by atomic mass is 32.1. The van der Waals surface area contributed by atoms with E-state index in [1.165, 1.54) is 16.7 Å². The Balaban J connectivity index is 1.56. The number of esters is 1. The van der Waals surface area contributed by atoms with Gasteiger partial charge in [-0.15, -0.1) is 11.3 Å². The van der Waals surface area contributed by atoms with Crippen molar-refractivity contribution in [3.8, 4) is 5.75 Å². The number of nitrogens with two attached hydrogens (primary N) is 1. The maximum Gasteiger partial charge on any atom is 0.357 e. The van der Waals surface area contributed by atoms with Crippen LogP contribution in [0, 0.1) is 11.8 Å². The average Bonchev–Trinajstić information content (AvgIpc) is 3.39. The van der Waals surface area contributed by atoms with Crippen molar-refractivity contribution in [3.63, 3.8) is 0 Å². The van der Waals surface area contributed by atoms with Crippen LogP contribution in [0.4, 0.5) is 10.8 Å². The number of Topliss-reactive ketones (excluding diaryl/α,β-unsaturated/α-hetero) is 2. The molecule has 7 N–H and O–H groups in total. The van der Waals surface area contributed by atoms with Crippen molar-refractivity contribution >= 4 is 51.4 Å². The van der Waals surface area contributed by atoms with Gasteiger partial charge in [0, 0.05) is 55.2 Å². The predicted octanol–water partition coefficient (Wildman–Crippen LogP) is 1.74. The summed E-state index contributed by atoms with van der Waals surface area (Å²) in [4.78, 5) is 56.1. The summed E-state index contributed by atoms with van der Waals surface area (Å²) >= 11 is 1.17. The van der Waals surface area contributed by atoms with Crippen LogP contribution in [0.2, 0.25) is 0 Å². The van der Waals surface area contributed by atoms with E-state index >= 15 is 0 Å². The number of aromatic nitrogens is 1. The summed E-state index contributed by atoms with van der Waals surface area (Å²) in [5, 5.41) is 50.0. The monoisotopic (exact) mass is 598 g/mol. The second-order valence-corrected chi connectivity index (χ2v) is 11.5. The van der Waals surface area contributed by atoms with E-state index in [1.807, 2.05) is 0 Å². The van der Waals surface area contributed by atoms with Crippen LogP contribution < -0.4 is 16.0 Å². The number of aliphatic hydroxyl groups is 3. The Bertz CT molecular complexity index is 1610. The molecule has 1 amide bonds. The predicted molar refractivity (Wildman–Crippen MR) is 151 cm³/mol. The molecule has 222 valence electrons. The van der Waals surface area contributed by atoms with Gasteiger partial charge < -0.3 is 41.1 Å². The molecule has 1 fully saturated rings. The Morgan fingerprint density at radius 3 is 2.60 bits per heavy atom. The first-order valence-corrected chi connectivity index (χ1v) is 14.1. The molecule has 0 spiro atoms. The van der Waals surface area contributed by atoms with E-state index < -0.39 is 58.0 Å². The smallest absolute Gasteiger partial charge is 0.357 e. The number of carbonyl (C=O) groups is 4. The lowest BCUT2D eigenvalue weighted by atomic mass is 9.59. The third kappa shape index (κ3) is 4.38. The van der Waals surface area contributed by atoms with Crippen LogP contribution in [-0.2, 0) is 32.1 Å². The lowest BCUT2D eigenvalue weighted by molar-refractivity contribution is -0.147. The molecule has 0 radical (unpaired) electrons. The number of hydrogen-bond acceptors (Lipinski definition) is 13. The number of benzene rings is 1. The number of nitrogens with one attached hydrogen (secondary N) is 1. The molecule has 3 unspecified atom stereocenters. The second kappa shape index (κ2) is 10.4. The minimum atomic E-state index is -2.63. The van der Waals surface area contributed by atoms with Crippen molar-refractivity contribution < 1.29 is 44.3 Å². The summed E-state index contributed by atoms with van der Waals surface area (Å²) in [5.41, 5.74) is 3.26. The van der Waals surface area contributed by atoms with Crippen molar-refractivity contribution in [1.29, 1.82) is 0 Å². The molecule has 1 aromatic carbocycles. The Kier molecular flexibility index (Phi) is 7.23. The van der Waals surface area contributed by atoms with E-state index in [1.54, 1.807) is 32.0 Å². The van der Waals surface area contributed by atoms with Crippen LogP contribution in [0.5, 0.6) is 5.75 Å². The molecule has 1 aromatic heterocycles. The quantitative estimate of drug-likeness (QED) is 0.199. The fraction of sp³-hybridized carbons (Fsp3) is 0.393. The molecule has 42 heavy (non-hydrogen) atoms. The Morgan fingerprint density at radius 2 is 1.95 bits per heavy atom. The van der Waals surface area contributed by atoms with Gasteiger partial charge in [-0.05, 0) is 37.3 Å². The first kappa shape index (κ1) is 29.1. The number of hydrogen-bond donors (Lipinski definition) is 6. The number of primary amides is 1. The zero-order valence-corrected chi connectivity index (χ0v) is 23.9. The lowest BCUT2D eigenvalue weighted by Crippen LogP contribution is -2.58. The molecule has 14 heteroatoms. The molecule has 1 heterocycles. The number of phenolic OH excluding ortho intramolecular Hbond substituents is 1. The lowest BCUT2D eigenvalue weighted by Gasteiger charge is -2.46. The Hall–Kier alpha value is -4.43. The molecule has 3 aliphatic rings. The summed E-state index contributed by atoms with van der Waals surface area (Å²) in [6.07, 6.45) is -0.141. The van der Waals surface area contributed by atoms with Crippen LogP contribution in [0.1, 0.15) is 46.9 Å². The van der Waals surface area contributed by atoms with E-state index in [0.717, 1.165) is 0 Å². The van der Waals surface area contributed by atoms with Gasteiger partial charge in [0.05, 0.1) is 12.2 Å². The van der Waals surface area contributed by atoms with E-state index in [9.17, 15) is 39.6 Å².